The summed E-state index contributed by atoms with van der Waals surface area (Å²) in [5, 5.41) is 23.2. The topological polar surface area (TPSA) is 116 Å². The minimum Gasteiger partial charge on any atom is -0.507 e. The summed E-state index contributed by atoms with van der Waals surface area (Å²) in [6.07, 6.45) is 0. The van der Waals surface area contributed by atoms with Crippen molar-refractivity contribution in [1.29, 1.82) is 0 Å². The third-order valence-corrected chi connectivity index (χ3v) is 3.08. The molecule has 2 amide bonds. The Balaban J connectivity index is 2.73. The molecule has 0 unspecified atom stereocenters. The number of alkyl halides is 1. The van der Waals surface area contributed by atoms with Crippen LogP contribution in [-0.2, 0) is 9.59 Å². The fraction of sp³-hybridized carbons (Fsp3) is 0.250. The van der Waals surface area contributed by atoms with Gasteiger partial charge in [0.05, 0.1) is 4.43 Å². The molecule has 4 N–H and O–H groups in total. The van der Waals surface area contributed by atoms with Gasteiger partial charge in [-0.25, -0.2) is 4.79 Å². The summed E-state index contributed by atoms with van der Waals surface area (Å²) in [5.41, 5.74) is -0.0117. The number of amides is 2. The van der Waals surface area contributed by atoms with Gasteiger partial charge in [-0.3, -0.25) is 9.59 Å². The Morgan fingerprint density at radius 3 is 2.50 bits per heavy atom. The smallest absolute Gasteiger partial charge is 0.339 e. The van der Waals surface area contributed by atoms with E-state index in [0.717, 1.165) is 6.07 Å². The molecule has 0 aliphatic rings. The molecule has 0 bridgehead atoms. The summed E-state index contributed by atoms with van der Waals surface area (Å²) < 4.78 is 0.240. The van der Waals surface area contributed by atoms with Gasteiger partial charge in [0.15, 0.2) is 0 Å². The fourth-order valence-corrected chi connectivity index (χ4v) is 1.61. The molecule has 0 saturated carbocycles. The van der Waals surface area contributed by atoms with Crippen LogP contribution in [0.4, 0.5) is 5.69 Å². The minimum absolute atomic E-state index is 0.240. The van der Waals surface area contributed by atoms with E-state index in [2.05, 4.69) is 10.6 Å². The number of halogens is 1. The number of carboxylic acid groups (broad SMARTS) is 1. The summed E-state index contributed by atoms with van der Waals surface area (Å²) in [4.78, 5) is 33.6. The third kappa shape index (κ3) is 4.37. The maximum Gasteiger partial charge on any atom is 0.339 e. The highest BCUT2D eigenvalue weighted by Crippen LogP contribution is 2.21. The molecular formula is C12H13IN2O5. The van der Waals surface area contributed by atoms with Crippen molar-refractivity contribution < 1.29 is 24.6 Å². The molecule has 0 aromatic heterocycles. The zero-order valence-corrected chi connectivity index (χ0v) is 12.7. The standard InChI is InChI=1S/C12H13IN2O5/c1-6(14-10(17)5-13)11(18)15-7-2-3-8(12(19)20)9(16)4-7/h2-4,6,16H,5H2,1H3,(H,14,17)(H,15,18)(H,19,20)/t6-/m1/s1. The van der Waals surface area contributed by atoms with Crippen LogP contribution in [0.3, 0.4) is 0 Å². The van der Waals surface area contributed by atoms with Gasteiger partial charge < -0.3 is 20.8 Å². The minimum atomic E-state index is -1.26. The molecule has 0 saturated heterocycles. The normalized spacial score (nSPS) is 11.5. The first-order valence-electron chi connectivity index (χ1n) is 5.57. The van der Waals surface area contributed by atoms with Crippen molar-refractivity contribution in [1.82, 2.24) is 5.32 Å². The lowest BCUT2D eigenvalue weighted by Gasteiger charge is -2.13. The van der Waals surface area contributed by atoms with E-state index >= 15 is 0 Å². The maximum absolute atomic E-state index is 11.8. The molecule has 1 atom stereocenters. The fourth-order valence-electron chi connectivity index (χ4n) is 1.39. The largest absolute Gasteiger partial charge is 0.507 e. The predicted octanol–water partition coefficient (Wildman–Crippen LogP) is 0.969. The zero-order valence-electron chi connectivity index (χ0n) is 10.5. The SMILES string of the molecule is C[C@@H](NC(=O)CI)C(=O)Nc1ccc(C(=O)O)c(O)c1. The monoisotopic (exact) mass is 392 g/mol. The highest BCUT2D eigenvalue weighted by molar-refractivity contribution is 14.1. The second-order valence-corrected chi connectivity index (χ2v) is 4.71. The van der Waals surface area contributed by atoms with Crippen molar-refractivity contribution in [3.05, 3.63) is 23.8 Å². The lowest BCUT2D eigenvalue weighted by molar-refractivity contribution is -0.124. The van der Waals surface area contributed by atoms with E-state index in [4.69, 9.17) is 5.11 Å². The van der Waals surface area contributed by atoms with Crippen LogP contribution in [0.15, 0.2) is 18.2 Å². The summed E-state index contributed by atoms with van der Waals surface area (Å²) in [6, 6.07) is 2.93. The molecule has 0 fully saturated rings. The summed E-state index contributed by atoms with van der Waals surface area (Å²) in [6.45, 7) is 1.52. The molecule has 20 heavy (non-hydrogen) atoms. The van der Waals surface area contributed by atoms with E-state index in [9.17, 15) is 19.5 Å². The summed E-state index contributed by atoms with van der Waals surface area (Å²) in [7, 11) is 0. The number of carbonyl (C=O) groups excluding carboxylic acids is 2. The van der Waals surface area contributed by atoms with Crippen molar-refractivity contribution >= 4 is 46.1 Å². The maximum atomic E-state index is 11.8. The molecule has 1 aromatic rings. The molecule has 108 valence electrons. The van der Waals surface area contributed by atoms with Crippen LogP contribution in [0.1, 0.15) is 17.3 Å². The van der Waals surface area contributed by atoms with Crippen molar-refractivity contribution in [2.75, 3.05) is 9.74 Å². The molecule has 8 heteroatoms. The molecular weight excluding hydrogens is 379 g/mol. The number of rotatable bonds is 5. The second kappa shape index (κ2) is 7.08. The molecule has 7 nitrogen and oxygen atoms in total. The van der Waals surface area contributed by atoms with Crippen molar-refractivity contribution in [3.63, 3.8) is 0 Å². The van der Waals surface area contributed by atoms with Crippen LogP contribution in [0.25, 0.3) is 0 Å². The Labute approximate surface area is 128 Å². The number of carboxylic acids is 1. The molecule has 0 radical (unpaired) electrons. The van der Waals surface area contributed by atoms with Crippen LogP contribution in [0.5, 0.6) is 5.75 Å². The van der Waals surface area contributed by atoms with Gasteiger partial charge in [-0.2, -0.15) is 0 Å². The summed E-state index contributed by atoms with van der Waals surface area (Å²) in [5.74, 6) is -2.44. The molecule has 0 aliphatic heterocycles. The average molecular weight is 392 g/mol. The van der Waals surface area contributed by atoms with Crippen LogP contribution >= 0.6 is 22.6 Å². The number of carbonyl (C=O) groups is 3. The highest BCUT2D eigenvalue weighted by Gasteiger charge is 2.16. The predicted molar refractivity (Wildman–Crippen MR) is 80.2 cm³/mol. The quantitative estimate of drug-likeness (QED) is 0.440. The van der Waals surface area contributed by atoms with E-state index < -0.39 is 23.7 Å². The van der Waals surface area contributed by atoms with Gasteiger partial charge >= 0.3 is 5.97 Å². The van der Waals surface area contributed by atoms with Crippen LogP contribution in [0, 0.1) is 0 Å². The average Bonchev–Trinajstić information content (AvgIpc) is 2.37. The van der Waals surface area contributed by atoms with Gasteiger partial charge in [0, 0.05) is 11.8 Å². The Morgan fingerprint density at radius 2 is 2.00 bits per heavy atom. The van der Waals surface area contributed by atoms with Gasteiger partial charge in [-0.15, -0.1) is 0 Å². The number of nitrogens with one attached hydrogen (secondary N) is 2. The summed E-state index contributed by atoms with van der Waals surface area (Å²) >= 11 is 1.88. The van der Waals surface area contributed by atoms with E-state index in [0.29, 0.717) is 0 Å². The molecule has 0 heterocycles. The second-order valence-electron chi connectivity index (χ2n) is 3.95. The van der Waals surface area contributed by atoms with Gasteiger partial charge in [-0.05, 0) is 19.1 Å². The van der Waals surface area contributed by atoms with Gasteiger partial charge in [0.25, 0.3) is 0 Å². The van der Waals surface area contributed by atoms with E-state index in [1.54, 1.807) is 0 Å². The van der Waals surface area contributed by atoms with Gasteiger partial charge in [0.1, 0.15) is 17.4 Å². The first-order chi connectivity index (χ1) is 9.35. The van der Waals surface area contributed by atoms with Crippen LogP contribution < -0.4 is 10.6 Å². The Morgan fingerprint density at radius 1 is 1.35 bits per heavy atom. The number of hydrogen-bond donors (Lipinski definition) is 4. The van der Waals surface area contributed by atoms with Crippen LogP contribution in [0.2, 0.25) is 0 Å². The number of benzene rings is 1. The number of aromatic carboxylic acids is 1. The molecule has 0 spiro atoms. The zero-order chi connectivity index (χ0) is 15.3. The Bertz CT molecular complexity index is 547. The van der Waals surface area contributed by atoms with E-state index in [-0.39, 0.29) is 21.6 Å². The first-order valence-corrected chi connectivity index (χ1v) is 7.10. The molecule has 1 rings (SSSR count). The van der Waals surface area contributed by atoms with Crippen molar-refractivity contribution in [2.24, 2.45) is 0 Å². The van der Waals surface area contributed by atoms with Gasteiger partial charge in [-0.1, -0.05) is 22.6 Å². The van der Waals surface area contributed by atoms with E-state index in [1.165, 1.54) is 19.1 Å². The Kier molecular flexibility index (Phi) is 5.74. The molecule has 0 aliphatic carbocycles. The number of hydrogen-bond acceptors (Lipinski definition) is 4. The lowest BCUT2D eigenvalue weighted by Crippen LogP contribution is -2.42. The lowest BCUT2D eigenvalue weighted by atomic mass is 10.1. The van der Waals surface area contributed by atoms with E-state index in [1.807, 2.05) is 22.6 Å². The number of aromatic hydroxyl groups is 1. The number of anilines is 1. The third-order valence-electron chi connectivity index (χ3n) is 2.39. The Hall–Kier alpha value is -1.84. The molecule has 1 aromatic carbocycles. The van der Waals surface area contributed by atoms with Crippen LogP contribution in [-0.4, -0.2) is 38.5 Å². The number of phenols is 1. The van der Waals surface area contributed by atoms with Crippen molar-refractivity contribution in [2.45, 2.75) is 13.0 Å². The van der Waals surface area contributed by atoms with Gasteiger partial charge in [0.2, 0.25) is 11.8 Å². The highest BCUT2D eigenvalue weighted by atomic mass is 127. The van der Waals surface area contributed by atoms with Crippen molar-refractivity contribution in [3.8, 4) is 5.75 Å². The first kappa shape index (κ1) is 16.2.